The zero-order valence-electron chi connectivity index (χ0n) is 8.62. The van der Waals surface area contributed by atoms with Crippen LogP contribution in [0.2, 0.25) is 0 Å². The highest BCUT2D eigenvalue weighted by Gasteiger charge is 2.16. The standard InChI is InChI=1S/C8H12N4O4/c9-1-5(13)10-2-6(14)11-3-7-12-4-8(15)16-7/h1-4,9H2,(H,10,13)(H,11,14)/p+1. The van der Waals surface area contributed by atoms with Crippen LogP contribution in [0.25, 0.3) is 0 Å². The summed E-state index contributed by atoms with van der Waals surface area (Å²) in [6, 6.07) is 0. The first-order valence-corrected chi connectivity index (χ1v) is 4.68. The number of cyclic esters (lactones) is 1. The van der Waals surface area contributed by atoms with Crippen LogP contribution >= 0.6 is 0 Å². The van der Waals surface area contributed by atoms with Crippen molar-refractivity contribution in [3.63, 3.8) is 0 Å². The molecule has 8 heteroatoms. The minimum Gasteiger partial charge on any atom is -0.409 e. The Hall–Kier alpha value is -1.96. The number of nitrogens with one attached hydrogen (secondary N) is 2. The first kappa shape index (κ1) is 12.1. The number of esters is 1. The van der Waals surface area contributed by atoms with Gasteiger partial charge in [0.05, 0.1) is 13.1 Å². The van der Waals surface area contributed by atoms with E-state index in [9.17, 15) is 14.4 Å². The van der Waals surface area contributed by atoms with Gasteiger partial charge in [-0.05, 0) is 0 Å². The SMILES string of the molecule is [NH3+]CC(=O)NCC(=O)NCC1=NCC(=O)O1. The quantitative estimate of drug-likeness (QED) is 0.421. The van der Waals surface area contributed by atoms with E-state index in [0.717, 1.165) is 0 Å². The van der Waals surface area contributed by atoms with Crippen LogP contribution in [0.3, 0.4) is 0 Å². The summed E-state index contributed by atoms with van der Waals surface area (Å²) in [7, 11) is 0. The van der Waals surface area contributed by atoms with Crippen LogP contribution in [0.5, 0.6) is 0 Å². The number of nitrogens with zero attached hydrogens (tertiary/aromatic N) is 1. The van der Waals surface area contributed by atoms with Crippen molar-refractivity contribution in [2.24, 2.45) is 4.99 Å². The predicted octanol–water partition coefficient (Wildman–Crippen LogP) is -3.58. The van der Waals surface area contributed by atoms with E-state index in [4.69, 9.17) is 0 Å². The Morgan fingerprint density at radius 1 is 1.38 bits per heavy atom. The van der Waals surface area contributed by atoms with E-state index in [1.165, 1.54) is 0 Å². The summed E-state index contributed by atoms with van der Waals surface area (Å²) >= 11 is 0. The average Bonchev–Trinajstić information content (AvgIpc) is 2.69. The van der Waals surface area contributed by atoms with Gasteiger partial charge in [0.1, 0.15) is 6.54 Å². The number of hydrogen-bond donors (Lipinski definition) is 3. The molecule has 1 aliphatic rings. The number of hydrogen-bond acceptors (Lipinski definition) is 5. The minimum atomic E-state index is -0.436. The minimum absolute atomic E-state index is 0.0105. The van der Waals surface area contributed by atoms with Crippen molar-refractivity contribution >= 4 is 23.7 Å². The van der Waals surface area contributed by atoms with Gasteiger partial charge in [-0.1, -0.05) is 0 Å². The Kier molecular flexibility index (Phi) is 4.40. The fourth-order valence-electron chi connectivity index (χ4n) is 0.945. The zero-order valence-corrected chi connectivity index (χ0v) is 8.62. The Balaban J connectivity index is 2.15. The molecule has 0 unspecified atom stereocenters. The summed E-state index contributed by atoms with van der Waals surface area (Å²) in [5.74, 6) is -0.941. The van der Waals surface area contributed by atoms with Crippen LogP contribution in [0.15, 0.2) is 4.99 Å². The van der Waals surface area contributed by atoms with E-state index in [2.05, 4.69) is 26.1 Å². The summed E-state index contributed by atoms with van der Waals surface area (Å²) in [5.41, 5.74) is 3.36. The summed E-state index contributed by atoms with van der Waals surface area (Å²) < 4.78 is 4.66. The number of ether oxygens (including phenoxy) is 1. The topological polar surface area (TPSA) is 125 Å². The number of carbonyl (C=O) groups excluding carboxylic acids is 3. The fraction of sp³-hybridized carbons (Fsp3) is 0.500. The van der Waals surface area contributed by atoms with Crippen molar-refractivity contribution in [2.75, 3.05) is 26.2 Å². The van der Waals surface area contributed by atoms with Gasteiger partial charge >= 0.3 is 5.97 Å². The third-order valence-electron chi connectivity index (χ3n) is 1.73. The number of rotatable bonds is 5. The molecule has 0 saturated carbocycles. The normalized spacial score (nSPS) is 14.1. The van der Waals surface area contributed by atoms with Gasteiger partial charge in [0.25, 0.3) is 5.91 Å². The monoisotopic (exact) mass is 229 g/mol. The number of carbonyl (C=O) groups is 3. The summed E-state index contributed by atoms with van der Waals surface area (Å²) in [6.07, 6.45) is 0. The summed E-state index contributed by atoms with van der Waals surface area (Å²) in [6.45, 7) is -0.0125. The van der Waals surface area contributed by atoms with Gasteiger partial charge < -0.3 is 21.1 Å². The van der Waals surface area contributed by atoms with Crippen molar-refractivity contribution in [3.8, 4) is 0 Å². The van der Waals surface area contributed by atoms with Gasteiger partial charge in [-0.2, -0.15) is 0 Å². The van der Waals surface area contributed by atoms with Gasteiger partial charge in [0.15, 0.2) is 6.54 Å². The van der Waals surface area contributed by atoms with Crippen molar-refractivity contribution in [3.05, 3.63) is 0 Å². The van der Waals surface area contributed by atoms with Crippen LogP contribution in [-0.4, -0.2) is 49.9 Å². The third-order valence-corrected chi connectivity index (χ3v) is 1.73. The largest absolute Gasteiger partial charge is 0.409 e. The number of amides is 2. The van der Waals surface area contributed by atoms with Crippen molar-refractivity contribution in [1.29, 1.82) is 0 Å². The first-order chi connectivity index (χ1) is 7.61. The molecule has 0 radical (unpaired) electrons. The molecule has 16 heavy (non-hydrogen) atoms. The van der Waals surface area contributed by atoms with Crippen LogP contribution in [0, 0.1) is 0 Å². The predicted molar refractivity (Wildman–Crippen MR) is 52.2 cm³/mol. The average molecular weight is 229 g/mol. The molecule has 0 aromatic rings. The molecule has 0 atom stereocenters. The second-order valence-corrected chi connectivity index (χ2v) is 2.99. The third kappa shape index (κ3) is 4.05. The molecular formula is C8H13N4O4+. The summed E-state index contributed by atoms with van der Waals surface area (Å²) in [4.78, 5) is 36.3. The van der Waals surface area contributed by atoms with Crippen LogP contribution in [0.1, 0.15) is 0 Å². The molecule has 5 N–H and O–H groups in total. The van der Waals surface area contributed by atoms with Gasteiger partial charge in [-0.15, -0.1) is 0 Å². The molecule has 0 aliphatic carbocycles. The molecule has 2 amide bonds. The van der Waals surface area contributed by atoms with Crippen molar-refractivity contribution in [2.45, 2.75) is 0 Å². The molecule has 8 nitrogen and oxygen atoms in total. The fourth-order valence-corrected chi connectivity index (χ4v) is 0.945. The van der Waals surface area contributed by atoms with Crippen LogP contribution < -0.4 is 16.4 Å². The van der Waals surface area contributed by atoms with E-state index in [0.29, 0.717) is 0 Å². The van der Waals surface area contributed by atoms with E-state index < -0.39 is 5.97 Å². The van der Waals surface area contributed by atoms with Gasteiger partial charge in [-0.25, -0.2) is 9.79 Å². The van der Waals surface area contributed by atoms with E-state index in [1.54, 1.807) is 0 Å². The molecule has 0 aromatic heterocycles. The first-order valence-electron chi connectivity index (χ1n) is 4.68. The lowest BCUT2D eigenvalue weighted by Crippen LogP contribution is -2.58. The molecule has 1 rings (SSSR count). The van der Waals surface area contributed by atoms with Gasteiger partial charge in [0.2, 0.25) is 11.8 Å². The lowest BCUT2D eigenvalue weighted by Gasteiger charge is -2.04. The van der Waals surface area contributed by atoms with Gasteiger partial charge in [-0.3, -0.25) is 9.59 Å². The Labute approximate surface area is 91.2 Å². The Morgan fingerprint density at radius 3 is 2.69 bits per heavy atom. The van der Waals surface area contributed by atoms with Crippen LogP contribution in [0.4, 0.5) is 0 Å². The molecule has 0 bridgehead atoms. The van der Waals surface area contributed by atoms with Gasteiger partial charge in [0, 0.05) is 0 Å². The molecular weight excluding hydrogens is 216 g/mol. The Bertz CT molecular complexity index is 339. The van der Waals surface area contributed by atoms with E-state index >= 15 is 0 Å². The highest BCUT2D eigenvalue weighted by Crippen LogP contribution is 1.94. The highest BCUT2D eigenvalue weighted by atomic mass is 16.6. The number of aliphatic imine (C=N–C) groups is 1. The molecule has 0 saturated heterocycles. The zero-order chi connectivity index (χ0) is 12.0. The molecule has 0 aromatic carbocycles. The second kappa shape index (κ2) is 5.81. The molecule has 1 aliphatic heterocycles. The van der Waals surface area contributed by atoms with Crippen molar-refractivity contribution < 1.29 is 24.9 Å². The second-order valence-electron chi connectivity index (χ2n) is 2.99. The Morgan fingerprint density at radius 2 is 2.12 bits per heavy atom. The highest BCUT2D eigenvalue weighted by molar-refractivity contribution is 5.97. The summed E-state index contributed by atoms with van der Waals surface area (Å²) in [5, 5.41) is 4.80. The maximum absolute atomic E-state index is 11.2. The van der Waals surface area contributed by atoms with E-state index in [-0.39, 0.29) is 43.9 Å². The molecule has 88 valence electrons. The maximum atomic E-state index is 11.2. The van der Waals surface area contributed by atoms with E-state index in [1.807, 2.05) is 0 Å². The molecule has 1 heterocycles. The lowest BCUT2D eigenvalue weighted by molar-refractivity contribution is -0.355. The molecule has 0 spiro atoms. The number of quaternary nitrogens is 1. The van der Waals surface area contributed by atoms with Crippen molar-refractivity contribution in [1.82, 2.24) is 10.6 Å². The maximum Gasteiger partial charge on any atom is 0.334 e. The lowest BCUT2D eigenvalue weighted by atomic mass is 10.5. The van der Waals surface area contributed by atoms with Crippen LogP contribution in [-0.2, 0) is 19.1 Å². The smallest absolute Gasteiger partial charge is 0.334 e. The molecule has 0 fully saturated rings.